The molecule has 2 aromatic rings. The monoisotopic (exact) mass is 279 g/mol. The molecule has 1 aromatic carbocycles. The summed E-state index contributed by atoms with van der Waals surface area (Å²) in [4.78, 5) is 14.8. The van der Waals surface area contributed by atoms with Crippen molar-refractivity contribution >= 4 is 17.6 Å². The summed E-state index contributed by atoms with van der Waals surface area (Å²) in [5, 5.41) is 9.00. The molecule has 1 N–H and O–H groups in total. The summed E-state index contributed by atoms with van der Waals surface area (Å²) in [7, 11) is 1.57. The van der Waals surface area contributed by atoms with Gasteiger partial charge in [0.25, 0.3) is 0 Å². The molecule has 98 valence electrons. The summed E-state index contributed by atoms with van der Waals surface area (Å²) in [5.74, 6) is 0.244. The van der Waals surface area contributed by atoms with Crippen LogP contribution in [0.5, 0.6) is 17.4 Å². The Morgan fingerprint density at radius 1 is 1.26 bits per heavy atom. The van der Waals surface area contributed by atoms with Crippen molar-refractivity contribution in [2.75, 3.05) is 7.11 Å². The highest BCUT2D eigenvalue weighted by atomic mass is 35.5. The third-order valence-corrected chi connectivity index (χ3v) is 2.64. The van der Waals surface area contributed by atoms with Crippen molar-refractivity contribution < 1.29 is 19.4 Å². The molecule has 6 heteroatoms. The minimum atomic E-state index is -1.13. The molecule has 5 nitrogen and oxygen atoms in total. The molecule has 0 bridgehead atoms. The minimum absolute atomic E-state index is 0.0554. The predicted molar refractivity (Wildman–Crippen MR) is 69.3 cm³/mol. The lowest BCUT2D eigenvalue weighted by atomic mass is 10.2. The smallest absolute Gasteiger partial charge is 0.337 e. The van der Waals surface area contributed by atoms with E-state index < -0.39 is 5.97 Å². The Morgan fingerprint density at radius 3 is 2.47 bits per heavy atom. The highest BCUT2D eigenvalue weighted by Gasteiger charge is 2.11. The highest BCUT2D eigenvalue weighted by Crippen LogP contribution is 2.25. The van der Waals surface area contributed by atoms with Gasteiger partial charge in [-0.05, 0) is 24.3 Å². The fourth-order valence-corrected chi connectivity index (χ4v) is 1.59. The molecule has 0 amide bonds. The number of pyridine rings is 1. The van der Waals surface area contributed by atoms with E-state index in [0.29, 0.717) is 11.5 Å². The molecule has 1 aromatic heterocycles. The predicted octanol–water partition coefficient (Wildman–Crippen LogP) is 3.23. The number of methoxy groups -OCH3 is 1. The molecule has 0 aliphatic heterocycles. The average Bonchev–Trinajstić information content (AvgIpc) is 2.41. The molecule has 19 heavy (non-hydrogen) atoms. The number of carboxylic acid groups (broad SMARTS) is 1. The van der Waals surface area contributed by atoms with Gasteiger partial charge in [0.05, 0.1) is 23.9 Å². The van der Waals surface area contributed by atoms with Gasteiger partial charge in [0, 0.05) is 6.07 Å². The zero-order valence-corrected chi connectivity index (χ0v) is 10.7. The molecule has 2 rings (SSSR count). The van der Waals surface area contributed by atoms with Crippen molar-refractivity contribution in [1.82, 2.24) is 4.98 Å². The molecule has 0 spiro atoms. The van der Waals surface area contributed by atoms with Crippen LogP contribution in [0, 0.1) is 0 Å². The number of carbonyl (C=O) groups is 1. The van der Waals surface area contributed by atoms with Gasteiger partial charge >= 0.3 is 5.97 Å². The number of ether oxygens (including phenoxy) is 2. The van der Waals surface area contributed by atoms with E-state index in [0.717, 1.165) is 0 Å². The van der Waals surface area contributed by atoms with Crippen molar-refractivity contribution in [2.24, 2.45) is 0 Å². The Bertz CT molecular complexity index is 598. The van der Waals surface area contributed by atoms with Crippen LogP contribution in [-0.2, 0) is 0 Å². The number of aromatic carboxylic acids is 1. The Labute approximate surface area is 114 Å². The van der Waals surface area contributed by atoms with Crippen LogP contribution in [-0.4, -0.2) is 23.2 Å². The van der Waals surface area contributed by atoms with Gasteiger partial charge in [-0.2, -0.15) is 0 Å². The van der Waals surface area contributed by atoms with E-state index in [1.54, 1.807) is 31.4 Å². The number of hydrogen-bond acceptors (Lipinski definition) is 4. The zero-order chi connectivity index (χ0) is 13.8. The van der Waals surface area contributed by atoms with E-state index in [9.17, 15) is 4.79 Å². The first kappa shape index (κ1) is 13.2. The van der Waals surface area contributed by atoms with Gasteiger partial charge in [0.15, 0.2) is 0 Å². The summed E-state index contributed by atoms with van der Waals surface area (Å²) in [5.41, 5.74) is -0.0554. The molecule has 0 radical (unpaired) electrons. The van der Waals surface area contributed by atoms with E-state index in [1.165, 1.54) is 12.3 Å². The van der Waals surface area contributed by atoms with Crippen LogP contribution < -0.4 is 9.47 Å². The number of nitrogens with zero attached hydrogens (tertiary/aromatic N) is 1. The standard InChI is InChI=1S/C13H10ClNO4/c1-18-8-2-4-9(5-3-8)19-12-6-10(13(16)17)11(14)7-15-12/h2-7H,1H3,(H,16,17). The molecule has 0 fully saturated rings. The molecule has 0 aliphatic carbocycles. The fourth-order valence-electron chi connectivity index (χ4n) is 1.40. The summed E-state index contributed by atoms with van der Waals surface area (Å²) < 4.78 is 10.5. The van der Waals surface area contributed by atoms with E-state index in [1.807, 2.05) is 0 Å². The molecule has 0 aliphatic rings. The third-order valence-electron chi connectivity index (χ3n) is 2.34. The van der Waals surface area contributed by atoms with Gasteiger partial charge in [-0.15, -0.1) is 0 Å². The Hall–Kier alpha value is -2.27. The summed E-state index contributed by atoms with van der Waals surface area (Å²) in [6.45, 7) is 0. The van der Waals surface area contributed by atoms with E-state index in [2.05, 4.69) is 4.98 Å². The van der Waals surface area contributed by atoms with Crippen molar-refractivity contribution in [3.8, 4) is 17.4 Å². The zero-order valence-electron chi connectivity index (χ0n) is 9.96. The normalized spacial score (nSPS) is 10.0. The molecule has 0 saturated heterocycles. The SMILES string of the molecule is COc1ccc(Oc2cc(C(=O)O)c(Cl)cn2)cc1. The molecule has 0 saturated carbocycles. The second-order valence-corrected chi connectivity index (χ2v) is 3.99. The number of hydrogen-bond donors (Lipinski definition) is 1. The molecule has 0 atom stereocenters. The van der Waals surface area contributed by atoms with Crippen LogP contribution in [0.15, 0.2) is 36.5 Å². The van der Waals surface area contributed by atoms with Crippen molar-refractivity contribution in [3.05, 3.63) is 47.1 Å². The first-order valence-corrected chi connectivity index (χ1v) is 5.68. The highest BCUT2D eigenvalue weighted by molar-refractivity contribution is 6.33. The Morgan fingerprint density at radius 2 is 1.89 bits per heavy atom. The van der Waals surface area contributed by atoms with Gasteiger partial charge in [-0.3, -0.25) is 0 Å². The first-order valence-electron chi connectivity index (χ1n) is 5.31. The van der Waals surface area contributed by atoms with Gasteiger partial charge < -0.3 is 14.6 Å². The number of halogens is 1. The average molecular weight is 280 g/mol. The lowest BCUT2D eigenvalue weighted by Gasteiger charge is -2.07. The van der Waals surface area contributed by atoms with Crippen LogP contribution in [0.1, 0.15) is 10.4 Å². The minimum Gasteiger partial charge on any atom is -0.497 e. The van der Waals surface area contributed by atoms with Crippen LogP contribution in [0.25, 0.3) is 0 Å². The van der Waals surface area contributed by atoms with Crippen LogP contribution in [0.4, 0.5) is 0 Å². The van der Waals surface area contributed by atoms with Gasteiger partial charge in [0.2, 0.25) is 5.88 Å². The van der Waals surface area contributed by atoms with Crippen LogP contribution in [0.2, 0.25) is 5.02 Å². The van der Waals surface area contributed by atoms with Crippen molar-refractivity contribution in [1.29, 1.82) is 0 Å². The lowest BCUT2D eigenvalue weighted by molar-refractivity contribution is 0.0696. The first-order chi connectivity index (χ1) is 9.10. The fraction of sp³-hybridized carbons (Fsp3) is 0.0769. The second-order valence-electron chi connectivity index (χ2n) is 3.59. The second kappa shape index (κ2) is 5.58. The topological polar surface area (TPSA) is 68.7 Å². The summed E-state index contributed by atoms with van der Waals surface area (Å²) in [6.07, 6.45) is 1.24. The van der Waals surface area contributed by atoms with Crippen molar-refractivity contribution in [2.45, 2.75) is 0 Å². The van der Waals surface area contributed by atoms with Crippen molar-refractivity contribution in [3.63, 3.8) is 0 Å². The maximum absolute atomic E-state index is 10.9. The molecule has 0 unspecified atom stereocenters. The maximum Gasteiger partial charge on any atom is 0.337 e. The molecule has 1 heterocycles. The van der Waals surface area contributed by atoms with E-state index >= 15 is 0 Å². The van der Waals surface area contributed by atoms with Crippen LogP contribution >= 0.6 is 11.6 Å². The molecular formula is C13H10ClNO4. The van der Waals surface area contributed by atoms with E-state index in [-0.39, 0.29) is 16.5 Å². The summed E-state index contributed by atoms with van der Waals surface area (Å²) in [6, 6.07) is 8.10. The largest absolute Gasteiger partial charge is 0.497 e. The lowest BCUT2D eigenvalue weighted by Crippen LogP contribution is -1.99. The quantitative estimate of drug-likeness (QED) is 0.930. The van der Waals surface area contributed by atoms with Gasteiger partial charge in [-0.1, -0.05) is 11.6 Å². The Balaban J connectivity index is 2.22. The van der Waals surface area contributed by atoms with Gasteiger partial charge in [0.1, 0.15) is 11.5 Å². The van der Waals surface area contributed by atoms with E-state index in [4.69, 9.17) is 26.2 Å². The van der Waals surface area contributed by atoms with Crippen LogP contribution in [0.3, 0.4) is 0 Å². The third kappa shape index (κ3) is 3.14. The number of rotatable bonds is 4. The molecular weight excluding hydrogens is 270 g/mol. The number of carboxylic acids is 1. The Kier molecular flexibility index (Phi) is 3.87. The van der Waals surface area contributed by atoms with Gasteiger partial charge in [-0.25, -0.2) is 9.78 Å². The summed E-state index contributed by atoms with van der Waals surface area (Å²) >= 11 is 5.72. The maximum atomic E-state index is 10.9. The number of benzene rings is 1. The number of aromatic nitrogens is 1.